The lowest BCUT2D eigenvalue weighted by Crippen LogP contribution is -2.44. The summed E-state index contributed by atoms with van der Waals surface area (Å²) in [6.45, 7) is 8.57. The molecular formula is C29H30INO3. The number of hydrogen-bond donors (Lipinski definition) is 1. The molecule has 5 heteroatoms. The number of carbonyl (C=O) groups excluding carboxylic acids is 2. The van der Waals surface area contributed by atoms with Crippen LogP contribution < -0.4 is 4.90 Å². The molecule has 0 amide bonds. The second-order valence-electron chi connectivity index (χ2n) is 11.4. The summed E-state index contributed by atoms with van der Waals surface area (Å²) in [6.07, 6.45) is 2.40. The maximum atomic E-state index is 13.8. The largest absolute Gasteiger partial charge is 0.508 e. The van der Waals surface area contributed by atoms with Crippen molar-refractivity contribution in [2.24, 2.45) is 10.8 Å². The zero-order valence-electron chi connectivity index (χ0n) is 20.1. The first kappa shape index (κ1) is 23.3. The average molecular weight is 567 g/mol. The van der Waals surface area contributed by atoms with E-state index in [9.17, 15) is 14.7 Å². The van der Waals surface area contributed by atoms with Crippen LogP contribution in [0.2, 0.25) is 0 Å². The van der Waals surface area contributed by atoms with Gasteiger partial charge in [0.05, 0.1) is 0 Å². The van der Waals surface area contributed by atoms with Crippen LogP contribution in [-0.4, -0.2) is 16.7 Å². The first-order valence-electron chi connectivity index (χ1n) is 11.8. The number of Topliss-reactive ketones (excluding diaryl/α,β-unsaturated/α-hetero) is 2. The highest BCUT2D eigenvalue weighted by Gasteiger charge is 2.49. The summed E-state index contributed by atoms with van der Waals surface area (Å²) < 4.78 is 1.14. The fourth-order valence-electron chi connectivity index (χ4n) is 5.90. The van der Waals surface area contributed by atoms with E-state index < -0.39 is 5.92 Å². The Kier molecular flexibility index (Phi) is 5.54. The number of rotatable bonds is 2. The van der Waals surface area contributed by atoms with E-state index in [-0.39, 0.29) is 28.1 Å². The van der Waals surface area contributed by atoms with Crippen molar-refractivity contribution in [3.05, 3.63) is 80.2 Å². The lowest BCUT2D eigenvalue weighted by atomic mass is 9.63. The molecule has 0 unspecified atom stereocenters. The van der Waals surface area contributed by atoms with Crippen LogP contribution in [0.1, 0.15) is 64.9 Å². The number of ketones is 2. The topological polar surface area (TPSA) is 57.6 Å². The number of phenols is 1. The van der Waals surface area contributed by atoms with Crippen LogP contribution in [0.15, 0.2) is 71.1 Å². The maximum absolute atomic E-state index is 13.8. The minimum atomic E-state index is -0.440. The van der Waals surface area contributed by atoms with Gasteiger partial charge in [-0.15, -0.1) is 0 Å². The minimum Gasteiger partial charge on any atom is -0.508 e. The average Bonchev–Trinajstić information content (AvgIpc) is 2.71. The highest BCUT2D eigenvalue weighted by atomic mass is 127. The van der Waals surface area contributed by atoms with Gasteiger partial charge in [0.25, 0.3) is 0 Å². The van der Waals surface area contributed by atoms with E-state index in [2.05, 4.69) is 79.5 Å². The van der Waals surface area contributed by atoms with Crippen molar-refractivity contribution in [2.75, 3.05) is 4.90 Å². The fraction of sp³-hybridized carbons (Fsp3) is 0.379. The number of allylic oxidation sites excluding steroid dienone is 4. The smallest absolute Gasteiger partial charge is 0.162 e. The second kappa shape index (κ2) is 8.08. The molecule has 2 aliphatic carbocycles. The predicted octanol–water partition coefficient (Wildman–Crippen LogP) is 6.89. The van der Waals surface area contributed by atoms with Crippen LogP contribution in [0.4, 0.5) is 5.69 Å². The van der Waals surface area contributed by atoms with Gasteiger partial charge in [0.2, 0.25) is 0 Å². The zero-order valence-corrected chi connectivity index (χ0v) is 22.3. The van der Waals surface area contributed by atoms with Gasteiger partial charge >= 0.3 is 0 Å². The summed E-state index contributed by atoms with van der Waals surface area (Å²) in [6, 6.07) is 15.4. The summed E-state index contributed by atoms with van der Waals surface area (Å²) in [7, 11) is 0. The van der Waals surface area contributed by atoms with Gasteiger partial charge in [0, 0.05) is 50.6 Å². The Morgan fingerprint density at radius 3 is 1.85 bits per heavy atom. The number of benzene rings is 2. The van der Waals surface area contributed by atoms with Crippen molar-refractivity contribution >= 4 is 39.8 Å². The van der Waals surface area contributed by atoms with Crippen LogP contribution >= 0.6 is 22.6 Å². The lowest BCUT2D eigenvalue weighted by molar-refractivity contribution is -0.119. The maximum Gasteiger partial charge on any atom is 0.162 e. The van der Waals surface area contributed by atoms with Crippen LogP contribution in [0, 0.1) is 14.4 Å². The molecule has 0 fully saturated rings. The van der Waals surface area contributed by atoms with Crippen molar-refractivity contribution in [2.45, 2.75) is 59.3 Å². The predicted molar refractivity (Wildman–Crippen MR) is 143 cm³/mol. The van der Waals surface area contributed by atoms with Crippen molar-refractivity contribution < 1.29 is 14.7 Å². The highest BCUT2D eigenvalue weighted by Crippen LogP contribution is 2.55. The molecule has 0 radical (unpaired) electrons. The molecule has 5 rings (SSSR count). The van der Waals surface area contributed by atoms with Gasteiger partial charge < -0.3 is 10.0 Å². The highest BCUT2D eigenvalue weighted by molar-refractivity contribution is 14.1. The van der Waals surface area contributed by atoms with E-state index in [1.54, 1.807) is 18.2 Å². The first-order chi connectivity index (χ1) is 16.0. The monoisotopic (exact) mass is 567 g/mol. The van der Waals surface area contributed by atoms with E-state index in [4.69, 9.17) is 0 Å². The summed E-state index contributed by atoms with van der Waals surface area (Å²) in [5.74, 6) is -0.1000. The quantitative estimate of drug-likeness (QED) is 0.402. The lowest BCUT2D eigenvalue weighted by Gasteiger charge is -2.49. The Bertz CT molecular complexity index is 1210. The Hall–Kier alpha value is -2.41. The molecule has 176 valence electrons. The number of anilines is 1. The Morgan fingerprint density at radius 2 is 1.35 bits per heavy atom. The number of hydrogen-bond acceptors (Lipinski definition) is 4. The van der Waals surface area contributed by atoms with E-state index >= 15 is 0 Å². The molecule has 0 aromatic heterocycles. The fourth-order valence-corrected chi connectivity index (χ4v) is 6.26. The molecule has 0 bridgehead atoms. The van der Waals surface area contributed by atoms with Crippen LogP contribution in [0.25, 0.3) is 0 Å². The summed E-state index contributed by atoms with van der Waals surface area (Å²) in [5.41, 5.74) is 4.89. The van der Waals surface area contributed by atoms with E-state index in [1.807, 2.05) is 6.07 Å². The molecule has 1 heterocycles. The molecule has 3 aliphatic rings. The zero-order chi connectivity index (χ0) is 24.4. The number of halogens is 1. The third-order valence-electron chi connectivity index (χ3n) is 7.20. The Morgan fingerprint density at radius 1 is 0.824 bits per heavy atom. The molecule has 2 aromatic rings. The number of phenolic OH excluding ortho intramolecular Hbond substituents is 1. The molecule has 34 heavy (non-hydrogen) atoms. The standard InChI is InChI=1S/C29H30INO3/c1-28(2)13-21-26(23(33)15-28)25(17-6-5-7-20(32)12-17)27-22(14-29(3,4)16-24(27)34)31(21)19-10-8-18(30)9-11-19/h5-12,25,32H,13-16H2,1-4H3. The SMILES string of the molecule is CC1(C)CC(=O)C2=C(C1)N(c1ccc(I)cc1)C1=C(C(=O)CC(C)(C)C1)C2c1cccc(O)c1. The molecule has 1 aliphatic heterocycles. The van der Waals surface area contributed by atoms with Crippen molar-refractivity contribution in [3.8, 4) is 5.75 Å². The van der Waals surface area contributed by atoms with Gasteiger partial charge in [-0.1, -0.05) is 39.8 Å². The molecule has 4 nitrogen and oxygen atoms in total. The third kappa shape index (κ3) is 4.02. The molecule has 0 saturated heterocycles. The number of aromatic hydroxyl groups is 1. The third-order valence-corrected chi connectivity index (χ3v) is 7.92. The molecule has 0 spiro atoms. The van der Waals surface area contributed by atoms with Crippen LogP contribution in [0.3, 0.4) is 0 Å². The molecule has 1 N–H and O–H groups in total. The Labute approximate surface area is 214 Å². The van der Waals surface area contributed by atoms with Gasteiger partial charge in [-0.25, -0.2) is 0 Å². The van der Waals surface area contributed by atoms with Crippen molar-refractivity contribution in [3.63, 3.8) is 0 Å². The normalized spacial score (nSPS) is 22.1. The van der Waals surface area contributed by atoms with E-state index in [0.717, 1.165) is 50.2 Å². The Balaban J connectivity index is 1.83. The summed E-state index contributed by atoms with van der Waals surface area (Å²) >= 11 is 2.30. The molecule has 0 saturated carbocycles. The van der Waals surface area contributed by atoms with Gasteiger partial charge in [-0.05, 0) is 88.2 Å². The molecule has 0 atom stereocenters. The van der Waals surface area contributed by atoms with Crippen LogP contribution in [0.5, 0.6) is 5.75 Å². The van der Waals surface area contributed by atoms with E-state index in [0.29, 0.717) is 12.8 Å². The summed E-state index contributed by atoms with van der Waals surface area (Å²) in [5, 5.41) is 10.3. The first-order valence-corrected chi connectivity index (χ1v) is 12.9. The van der Waals surface area contributed by atoms with Gasteiger partial charge in [-0.3, -0.25) is 9.59 Å². The summed E-state index contributed by atoms with van der Waals surface area (Å²) in [4.78, 5) is 29.8. The van der Waals surface area contributed by atoms with Crippen molar-refractivity contribution in [1.82, 2.24) is 0 Å². The molecule has 2 aromatic carbocycles. The van der Waals surface area contributed by atoms with Gasteiger partial charge in [0.1, 0.15) is 5.75 Å². The molecular weight excluding hydrogens is 537 g/mol. The van der Waals surface area contributed by atoms with Gasteiger partial charge in [0.15, 0.2) is 11.6 Å². The van der Waals surface area contributed by atoms with Crippen molar-refractivity contribution in [1.29, 1.82) is 0 Å². The number of nitrogens with zero attached hydrogens (tertiary/aromatic N) is 1. The minimum absolute atomic E-state index is 0.0966. The number of carbonyl (C=O) groups is 2. The second-order valence-corrected chi connectivity index (χ2v) is 12.7. The van der Waals surface area contributed by atoms with Crippen LogP contribution in [-0.2, 0) is 9.59 Å². The van der Waals surface area contributed by atoms with E-state index in [1.165, 1.54) is 0 Å². The van der Waals surface area contributed by atoms with Gasteiger partial charge in [-0.2, -0.15) is 0 Å².